The second-order valence-electron chi connectivity index (χ2n) is 5.79. The Hall–Kier alpha value is -2.31. The van der Waals surface area contributed by atoms with Gasteiger partial charge >= 0.3 is 6.09 Å². The maximum atomic E-state index is 12.3. The van der Waals surface area contributed by atoms with Gasteiger partial charge in [-0.1, -0.05) is 6.92 Å². The number of nitrogens with one attached hydrogen (secondary N) is 2. The zero-order valence-corrected chi connectivity index (χ0v) is 14.4. The van der Waals surface area contributed by atoms with Gasteiger partial charge in [-0.15, -0.1) is 0 Å². The molecule has 0 aromatic carbocycles. The van der Waals surface area contributed by atoms with Crippen LogP contribution in [0.25, 0.3) is 0 Å². The topological polar surface area (TPSA) is 83.6 Å². The van der Waals surface area contributed by atoms with Gasteiger partial charge in [0.1, 0.15) is 5.69 Å². The molecule has 0 saturated carbocycles. The molecular weight excluding hydrogens is 308 g/mol. The largest absolute Gasteiger partial charge is 0.450 e. The molecule has 0 aliphatic carbocycles. The summed E-state index contributed by atoms with van der Waals surface area (Å²) in [6, 6.07) is 3.64. The molecule has 1 aromatic heterocycles. The number of anilines is 1. The minimum absolute atomic E-state index is 0.0582. The number of carbonyl (C=O) groups excluding carboxylic acids is 2. The minimum Gasteiger partial charge on any atom is -0.450 e. The second-order valence-corrected chi connectivity index (χ2v) is 5.79. The van der Waals surface area contributed by atoms with Crippen molar-refractivity contribution < 1.29 is 14.3 Å². The highest BCUT2D eigenvalue weighted by molar-refractivity contribution is 5.92. The molecule has 2 heterocycles. The number of ether oxygens (including phenoxy) is 1. The van der Waals surface area contributed by atoms with Crippen LogP contribution in [-0.4, -0.2) is 54.2 Å². The first-order valence-corrected chi connectivity index (χ1v) is 8.56. The van der Waals surface area contributed by atoms with Gasteiger partial charge in [-0.2, -0.15) is 0 Å². The number of amides is 2. The number of aromatic nitrogens is 1. The fraction of sp³-hybridized carbons (Fsp3) is 0.588. The highest BCUT2D eigenvalue weighted by Crippen LogP contribution is 2.13. The molecule has 7 nitrogen and oxygen atoms in total. The predicted octanol–water partition coefficient (Wildman–Crippen LogP) is 2.25. The van der Waals surface area contributed by atoms with Crippen molar-refractivity contribution in [1.82, 2.24) is 15.2 Å². The highest BCUT2D eigenvalue weighted by atomic mass is 16.6. The van der Waals surface area contributed by atoms with Crippen LogP contribution in [0.3, 0.4) is 0 Å². The van der Waals surface area contributed by atoms with Gasteiger partial charge in [0, 0.05) is 25.7 Å². The molecule has 0 radical (unpaired) electrons. The van der Waals surface area contributed by atoms with Crippen molar-refractivity contribution in [2.24, 2.45) is 0 Å². The summed E-state index contributed by atoms with van der Waals surface area (Å²) in [5, 5.41) is 6.21. The number of hydrogen-bond acceptors (Lipinski definition) is 5. The third-order valence-corrected chi connectivity index (χ3v) is 3.93. The Kier molecular flexibility index (Phi) is 6.84. The Morgan fingerprint density at radius 2 is 2.04 bits per heavy atom. The molecule has 2 N–H and O–H groups in total. The molecular formula is C17H26N4O3. The van der Waals surface area contributed by atoms with Crippen molar-refractivity contribution in [2.75, 3.05) is 31.6 Å². The van der Waals surface area contributed by atoms with Crippen LogP contribution in [0.4, 0.5) is 10.5 Å². The number of carbonyl (C=O) groups is 2. The van der Waals surface area contributed by atoms with Crippen LogP contribution < -0.4 is 10.6 Å². The maximum absolute atomic E-state index is 12.3. The quantitative estimate of drug-likeness (QED) is 0.834. The van der Waals surface area contributed by atoms with E-state index in [9.17, 15) is 9.59 Å². The number of rotatable bonds is 6. The van der Waals surface area contributed by atoms with Gasteiger partial charge < -0.3 is 20.3 Å². The molecule has 0 unspecified atom stereocenters. The van der Waals surface area contributed by atoms with E-state index in [0.29, 0.717) is 25.4 Å². The van der Waals surface area contributed by atoms with Crippen LogP contribution in [0.15, 0.2) is 18.3 Å². The number of hydrogen-bond donors (Lipinski definition) is 2. The van der Waals surface area contributed by atoms with Gasteiger partial charge in [-0.05, 0) is 38.3 Å². The Morgan fingerprint density at radius 1 is 1.29 bits per heavy atom. The average Bonchev–Trinajstić information content (AvgIpc) is 2.61. The number of likely N-dealkylation sites (tertiary alicyclic amines) is 1. The average molecular weight is 334 g/mol. The fourth-order valence-corrected chi connectivity index (χ4v) is 2.58. The van der Waals surface area contributed by atoms with Crippen LogP contribution in [0.2, 0.25) is 0 Å². The summed E-state index contributed by atoms with van der Waals surface area (Å²) in [4.78, 5) is 29.8. The van der Waals surface area contributed by atoms with E-state index in [2.05, 4.69) is 22.5 Å². The first kappa shape index (κ1) is 18.0. The Balaban J connectivity index is 1.80. The van der Waals surface area contributed by atoms with Crippen molar-refractivity contribution in [3.63, 3.8) is 0 Å². The molecule has 0 spiro atoms. The third kappa shape index (κ3) is 5.11. The van der Waals surface area contributed by atoms with Crippen LogP contribution in [0, 0.1) is 0 Å². The van der Waals surface area contributed by atoms with Crippen molar-refractivity contribution in [2.45, 2.75) is 39.2 Å². The van der Waals surface area contributed by atoms with Crippen LogP contribution in [-0.2, 0) is 4.74 Å². The summed E-state index contributed by atoms with van der Waals surface area (Å²) in [6.45, 7) is 6.33. The Morgan fingerprint density at radius 3 is 2.62 bits per heavy atom. The maximum Gasteiger partial charge on any atom is 0.409 e. The summed E-state index contributed by atoms with van der Waals surface area (Å²) in [5.74, 6) is -0.174. The molecule has 1 saturated heterocycles. The van der Waals surface area contributed by atoms with Gasteiger partial charge in [0.25, 0.3) is 5.91 Å². The Bertz CT molecular complexity index is 539. The van der Waals surface area contributed by atoms with E-state index < -0.39 is 0 Å². The van der Waals surface area contributed by atoms with E-state index in [4.69, 9.17) is 4.74 Å². The summed E-state index contributed by atoms with van der Waals surface area (Å²) in [5.41, 5.74) is 1.32. The standard InChI is InChI=1S/C17H26N4O3/c1-3-9-18-14-5-6-15(19-12-14)16(22)20-13-7-10-21(11-8-13)17(23)24-4-2/h5-6,12-13,18H,3-4,7-11H2,1-2H3,(H,20,22). The van der Waals surface area contributed by atoms with Gasteiger partial charge in [-0.25, -0.2) is 9.78 Å². The predicted molar refractivity (Wildman–Crippen MR) is 92.1 cm³/mol. The van der Waals surface area contributed by atoms with E-state index in [1.54, 1.807) is 24.1 Å². The molecule has 2 rings (SSSR count). The summed E-state index contributed by atoms with van der Waals surface area (Å²) in [6.07, 6.45) is 3.88. The van der Waals surface area contributed by atoms with Gasteiger partial charge in [0.05, 0.1) is 18.5 Å². The second kappa shape index (κ2) is 9.10. The monoisotopic (exact) mass is 334 g/mol. The highest BCUT2D eigenvalue weighted by Gasteiger charge is 2.25. The molecule has 2 amide bonds. The summed E-state index contributed by atoms with van der Waals surface area (Å²) < 4.78 is 4.99. The summed E-state index contributed by atoms with van der Waals surface area (Å²) >= 11 is 0. The first-order valence-electron chi connectivity index (χ1n) is 8.56. The molecule has 0 atom stereocenters. The van der Waals surface area contributed by atoms with Crippen molar-refractivity contribution in [1.29, 1.82) is 0 Å². The van der Waals surface area contributed by atoms with Crippen molar-refractivity contribution >= 4 is 17.7 Å². The van der Waals surface area contributed by atoms with Crippen molar-refractivity contribution in [3.8, 4) is 0 Å². The SMILES string of the molecule is CCCNc1ccc(C(=O)NC2CCN(C(=O)OCC)CC2)nc1. The van der Waals surface area contributed by atoms with Crippen molar-refractivity contribution in [3.05, 3.63) is 24.0 Å². The molecule has 1 aliphatic heterocycles. The van der Waals surface area contributed by atoms with E-state index in [0.717, 1.165) is 31.5 Å². The minimum atomic E-state index is -0.279. The first-order chi connectivity index (χ1) is 11.6. The number of piperidine rings is 1. The zero-order valence-electron chi connectivity index (χ0n) is 14.4. The lowest BCUT2D eigenvalue weighted by Gasteiger charge is -2.31. The number of nitrogens with zero attached hydrogens (tertiary/aromatic N) is 2. The lowest BCUT2D eigenvalue weighted by molar-refractivity contribution is 0.0856. The van der Waals surface area contributed by atoms with Crippen LogP contribution in [0.1, 0.15) is 43.6 Å². The summed E-state index contributed by atoms with van der Waals surface area (Å²) in [7, 11) is 0. The van der Waals surface area contributed by atoms with Crippen LogP contribution in [0.5, 0.6) is 0 Å². The molecule has 1 fully saturated rings. The molecule has 132 valence electrons. The van der Waals surface area contributed by atoms with E-state index in [1.165, 1.54) is 0 Å². The lowest BCUT2D eigenvalue weighted by atomic mass is 10.1. The molecule has 1 aliphatic rings. The fourth-order valence-electron chi connectivity index (χ4n) is 2.58. The van der Waals surface area contributed by atoms with E-state index >= 15 is 0 Å². The molecule has 24 heavy (non-hydrogen) atoms. The van der Waals surface area contributed by atoms with Crippen LogP contribution >= 0.6 is 0 Å². The van der Waals surface area contributed by atoms with Gasteiger partial charge in [-0.3, -0.25) is 4.79 Å². The van der Waals surface area contributed by atoms with Gasteiger partial charge in [0.15, 0.2) is 0 Å². The molecule has 7 heteroatoms. The molecule has 1 aromatic rings. The normalized spacial score (nSPS) is 15.0. The van der Waals surface area contributed by atoms with E-state index in [1.807, 2.05) is 6.07 Å². The zero-order chi connectivity index (χ0) is 17.4. The third-order valence-electron chi connectivity index (χ3n) is 3.93. The van der Waals surface area contributed by atoms with E-state index in [-0.39, 0.29) is 18.0 Å². The smallest absolute Gasteiger partial charge is 0.409 e. The number of pyridine rings is 1. The van der Waals surface area contributed by atoms with Gasteiger partial charge in [0.2, 0.25) is 0 Å². The Labute approximate surface area is 142 Å². The lowest BCUT2D eigenvalue weighted by Crippen LogP contribution is -2.46. The molecule has 0 bridgehead atoms.